The van der Waals surface area contributed by atoms with Gasteiger partial charge in [-0.1, -0.05) is 23.2 Å². The van der Waals surface area contributed by atoms with E-state index in [4.69, 9.17) is 23.1 Å². The summed E-state index contributed by atoms with van der Waals surface area (Å²) >= 11 is 5.93. The molecule has 1 rings (SSSR count). The van der Waals surface area contributed by atoms with E-state index in [9.17, 15) is 0 Å². The maximum Gasteiger partial charge on any atom is 0.142 e. The lowest BCUT2D eigenvalue weighted by molar-refractivity contribution is 0.573. The Morgan fingerprint density at radius 2 is 2.21 bits per heavy atom. The zero-order valence-electron chi connectivity index (χ0n) is 7.87. The Morgan fingerprint density at radius 3 is 2.86 bits per heavy atom. The highest BCUT2D eigenvalue weighted by molar-refractivity contribution is 6.33. The molecule has 0 aliphatic heterocycles. The Kier molecular flexibility index (Phi) is 3.88. The SMILES string of the molecule is Cc1ccc(Cl)c(/C=N/NC(N)N)c1. The van der Waals surface area contributed by atoms with Crippen LogP contribution in [0, 0.1) is 6.92 Å². The molecular formula is C9H13ClN4. The van der Waals surface area contributed by atoms with Crippen molar-refractivity contribution in [1.29, 1.82) is 0 Å². The zero-order valence-corrected chi connectivity index (χ0v) is 8.62. The lowest BCUT2D eigenvalue weighted by Crippen LogP contribution is -2.42. The van der Waals surface area contributed by atoms with E-state index in [0.717, 1.165) is 11.1 Å². The molecule has 5 N–H and O–H groups in total. The van der Waals surface area contributed by atoms with E-state index < -0.39 is 6.29 Å². The van der Waals surface area contributed by atoms with Gasteiger partial charge in [0.25, 0.3) is 0 Å². The quantitative estimate of drug-likeness (QED) is 0.394. The molecule has 14 heavy (non-hydrogen) atoms. The molecule has 1 aromatic carbocycles. The van der Waals surface area contributed by atoms with Gasteiger partial charge in [0.1, 0.15) is 6.29 Å². The second-order valence-corrected chi connectivity index (χ2v) is 3.35. The van der Waals surface area contributed by atoms with E-state index >= 15 is 0 Å². The second-order valence-electron chi connectivity index (χ2n) is 2.94. The van der Waals surface area contributed by atoms with Gasteiger partial charge in [0, 0.05) is 10.6 Å². The molecule has 0 saturated carbocycles. The maximum atomic E-state index is 5.93. The topological polar surface area (TPSA) is 76.4 Å². The molecule has 0 fully saturated rings. The van der Waals surface area contributed by atoms with Gasteiger partial charge in [-0.25, -0.2) is 0 Å². The number of halogens is 1. The number of rotatable bonds is 3. The number of nitrogens with one attached hydrogen (secondary N) is 1. The first-order valence-corrected chi connectivity index (χ1v) is 4.53. The van der Waals surface area contributed by atoms with Gasteiger partial charge in [0.05, 0.1) is 6.21 Å². The maximum absolute atomic E-state index is 5.93. The van der Waals surface area contributed by atoms with Gasteiger partial charge < -0.3 is 0 Å². The fraction of sp³-hybridized carbons (Fsp3) is 0.222. The van der Waals surface area contributed by atoms with E-state index in [1.54, 1.807) is 6.21 Å². The monoisotopic (exact) mass is 212 g/mol. The minimum Gasteiger partial charge on any atom is -0.298 e. The smallest absolute Gasteiger partial charge is 0.142 e. The molecular weight excluding hydrogens is 200 g/mol. The van der Waals surface area contributed by atoms with Crippen LogP contribution < -0.4 is 16.9 Å². The summed E-state index contributed by atoms with van der Waals surface area (Å²) in [6, 6.07) is 5.68. The van der Waals surface area contributed by atoms with Crippen molar-refractivity contribution in [3.63, 3.8) is 0 Å². The summed E-state index contributed by atoms with van der Waals surface area (Å²) < 4.78 is 0. The number of nitrogens with two attached hydrogens (primary N) is 2. The van der Waals surface area contributed by atoms with Crippen molar-refractivity contribution in [3.8, 4) is 0 Å². The first-order valence-electron chi connectivity index (χ1n) is 4.15. The molecule has 0 aliphatic carbocycles. The van der Waals surface area contributed by atoms with Crippen LogP contribution in [0.1, 0.15) is 11.1 Å². The molecule has 0 bridgehead atoms. The van der Waals surface area contributed by atoms with Crippen LogP contribution in [-0.2, 0) is 0 Å². The molecule has 5 heteroatoms. The predicted octanol–water partition coefficient (Wildman–Crippen LogP) is 0.773. The van der Waals surface area contributed by atoms with E-state index in [-0.39, 0.29) is 0 Å². The van der Waals surface area contributed by atoms with Crippen molar-refractivity contribution < 1.29 is 0 Å². The van der Waals surface area contributed by atoms with Crippen LogP contribution in [0.25, 0.3) is 0 Å². The van der Waals surface area contributed by atoms with Crippen LogP contribution >= 0.6 is 11.6 Å². The molecule has 0 spiro atoms. The number of nitrogens with zero attached hydrogens (tertiary/aromatic N) is 1. The first-order chi connectivity index (χ1) is 6.59. The fourth-order valence-electron chi connectivity index (χ4n) is 0.955. The summed E-state index contributed by atoms with van der Waals surface area (Å²) in [6.07, 6.45) is 0.928. The van der Waals surface area contributed by atoms with Crippen molar-refractivity contribution in [1.82, 2.24) is 5.43 Å². The standard InChI is InChI=1S/C9H13ClN4/c1-6-2-3-8(10)7(4-6)5-13-14-9(11)12/h2-5,9,14H,11-12H2,1H3/b13-5+. The molecule has 0 heterocycles. The predicted molar refractivity (Wildman–Crippen MR) is 59.1 cm³/mol. The molecule has 0 amide bonds. The lowest BCUT2D eigenvalue weighted by atomic mass is 10.1. The minimum atomic E-state index is -0.658. The van der Waals surface area contributed by atoms with E-state index in [0.29, 0.717) is 5.02 Å². The van der Waals surface area contributed by atoms with Gasteiger partial charge in [-0.05, 0) is 19.1 Å². The summed E-state index contributed by atoms with van der Waals surface area (Å²) in [5, 5.41) is 4.48. The van der Waals surface area contributed by atoms with Gasteiger partial charge in [0.2, 0.25) is 0 Å². The third-order valence-corrected chi connectivity index (χ3v) is 1.92. The minimum absolute atomic E-state index is 0.645. The Labute approximate surface area is 87.9 Å². The number of hydrazone groups is 1. The Balaban J connectivity index is 2.75. The zero-order chi connectivity index (χ0) is 10.6. The highest BCUT2D eigenvalue weighted by Gasteiger charge is 1.96. The van der Waals surface area contributed by atoms with Crippen LogP contribution in [0.4, 0.5) is 0 Å². The van der Waals surface area contributed by atoms with Crippen LogP contribution in [0.15, 0.2) is 23.3 Å². The van der Waals surface area contributed by atoms with Gasteiger partial charge in [-0.3, -0.25) is 16.9 Å². The fourth-order valence-corrected chi connectivity index (χ4v) is 1.12. The summed E-state index contributed by atoms with van der Waals surface area (Å²) in [7, 11) is 0. The van der Waals surface area contributed by atoms with Crippen molar-refractivity contribution in [2.45, 2.75) is 13.2 Å². The molecule has 0 aromatic heterocycles. The molecule has 1 aromatic rings. The van der Waals surface area contributed by atoms with Gasteiger partial charge in [-0.15, -0.1) is 0 Å². The largest absolute Gasteiger partial charge is 0.298 e. The van der Waals surface area contributed by atoms with Crippen molar-refractivity contribution >= 4 is 17.8 Å². The highest BCUT2D eigenvalue weighted by atomic mass is 35.5. The number of hydrogen-bond acceptors (Lipinski definition) is 4. The molecule has 0 aliphatic rings. The highest BCUT2D eigenvalue weighted by Crippen LogP contribution is 2.14. The van der Waals surface area contributed by atoms with E-state index in [2.05, 4.69) is 10.5 Å². The second kappa shape index (κ2) is 4.95. The third kappa shape index (κ3) is 3.33. The number of benzene rings is 1. The van der Waals surface area contributed by atoms with Crippen molar-refractivity contribution in [2.75, 3.05) is 0 Å². The average Bonchev–Trinajstić information content (AvgIpc) is 2.10. The molecule has 0 saturated heterocycles. The van der Waals surface area contributed by atoms with E-state index in [1.165, 1.54) is 0 Å². The number of hydrogen-bond donors (Lipinski definition) is 3. The first kappa shape index (κ1) is 11.0. The summed E-state index contributed by atoms with van der Waals surface area (Å²) in [6.45, 7) is 1.98. The van der Waals surface area contributed by atoms with E-state index in [1.807, 2.05) is 25.1 Å². The summed E-state index contributed by atoms with van der Waals surface area (Å²) in [4.78, 5) is 0. The molecule has 0 radical (unpaired) electrons. The lowest BCUT2D eigenvalue weighted by Gasteiger charge is -2.03. The Morgan fingerprint density at radius 1 is 1.50 bits per heavy atom. The number of aryl methyl sites for hydroxylation is 1. The molecule has 4 nitrogen and oxygen atoms in total. The van der Waals surface area contributed by atoms with Crippen molar-refractivity contribution in [2.24, 2.45) is 16.6 Å². The van der Waals surface area contributed by atoms with Crippen molar-refractivity contribution in [3.05, 3.63) is 34.3 Å². The van der Waals surface area contributed by atoms with Crippen LogP contribution in [0.3, 0.4) is 0 Å². The summed E-state index contributed by atoms with van der Waals surface area (Å²) in [5.41, 5.74) is 14.9. The Bertz CT molecular complexity index is 336. The van der Waals surface area contributed by atoms with Gasteiger partial charge in [-0.2, -0.15) is 5.10 Å². The van der Waals surface area contributed by atoms with Gasteiger partial charge >= 0.3 is 0 Å². The van der Waals surface area contributed by atoms with Gasteiger partial charge in [0.15, 0.2) is 0 Å². The molecule has 0 unspecified atom stereocenters. The van der Waals surface area contributed by atoms with Crippen LogP contribution in [-0.4, -0.2) is 12.5 Å². The summed E-state index contributed by atoms with van der Waals surface area (Å²) in [5.74, 6) is 0. The Hall–Kier alpha value is -1.10. The normalized spacial score (nSPS) is 11.2. The average molecular weight is 213 g/mol. The van der Waals surface area contributed by atoms with Crippen LogP contribution in [0.5, 0.6) is 0 Å². The van der Waals surface area contributed by atoms with Crippen LogP contribution in [0.2, 0.25) is 5.02 Å². The molecule has 0 atom stereocenters. The third-order valence-electron chi connectivity index (χ3n) is 1.58. The molecule has 76 valence electrons.